The molecule has 0 radical (unpaired) electrons. The largest absolute Gasteiger partial charge is 0.481 e. The van der Waals surface area contributed by atoms with Gasteiger partial charge < -0.3 is 5.11 Å². The summed E-state index contributed by atoms with van der Waals surface area (Å²) in [5.41, 5.74) is 0.322. The first-order chi connectivity index (χ1) is 7.70. The summed E-state index contributed by atoms with van der Waals surface area (Å²) in [6.45, 7) is 0. The first-order valence-electron chi connectivity index (χ1n) is 5.25. The number of carbonyl (C=O) groups is 1. The summed E-state index contributed by atoms with van der Waals surface area (Å²) in [7, 11) is 0. The van der Waals surface area contributed by atoms with Crippen LogP contribution in [0.15, 0.2) is 24.3 Å². The number of rotatable bonds is 3. The molecule has 2 unspecified atom stereocenters. The molecular weight excluding hydrogens is 227 g/mol. The predicted molar refractivity (Wildman–Crippen MR) is 62.2 cm³/mol. The maximum Gasteiger partial charge on any atom is 0.311 e. The second kappa shape index (κ2) is 4.87. The Balaban J connectivity index is 2.32. The van der Waals surface area contributed by atoms with E-state index in [0.717, 1.165) is 17.9 Å². The van der Waals surface area contributed by atoms with E-state index in [2.05, 4.69) is 0 Å². The first kappa shape index (κ1) is 11.5. The van der Waals surface area contributed by atoms with Crippen LogP contribution in [0, 0.1) is 11.7 Å². The lowest BCUT2D eigenvalue weighted by Gasteiger charge is -2.19. The monoisotopic (exact) mass is 240 g/mol. The van der Waals surface area contributed by atoms with E-state index in [1.54, 1.807) is 30.0 Å². The van der Waals surface area contributed by atoms with Crippen LogP contribution in [0.3, 0.4) is 0 Å². The fourth-order valence-electron chi connectivity index (χ4n) is 2.13. The molecule has 1 heterocycles. The minimum atomic E-state index is -0.919. The first-order valence-corrected chi connectivity index (χ1v) is 6.40. The summed E-state index contributed by atoms with van der Waals surface area (Å²) < 4.78 is 13.6. The number of carboxylic acid groups (broad SMARTS) is 1. The Morgan fingerprint density at radius 2 is 2.25 bits per heavy atom. The molecule has 0 spiro atoms. The fraction of sp³-hybridized carbons (Fsp3) is 0.417. The SMILES string of the molecule is O=C(O)C(c1ccccc1F)C1CCSC1. The van der Waals surface area contributed by atoms with Crippen LogP contribution in [0.5, 0.6) is 0 Å². The van der Waals surface area contributed by atoms with Crippen molar-refractivity contribution in [2.45, 2.75) is 12.3 Å². The van der Waals surface area contributed by atoms with Crippen molar-refractivity contribution in [3.63, 3.8) is 0 Å². The molecule has 0 bridgehead atoms. The molecule has 0 amide bonds. The van der Waals surface area contributed by atoms with Crippen LogP contribution in [0.4, 0.5) is 4.39 Å². The van der Waals surface area contributed by atoms with Gasteiger partial charge >= 0.3 is 5.97 Å². The standard InChI is InChI=1S/C12H13FO2S/c13-10-4-2-1-3-9(10)11(12(14)15)8-5-6-16-7-8/h1-4,8,11H,5-7H2,(H,14,15). The number of thioether (sulfide) groups is 1. The fourth-order valence-corrected chi connectivity index (χ4v) is 3.43. The van der Waals surface area contributed by atoms with Crippen LogP contribution in [0.1, 0.15) is 17.9 Å². The van der Waals surface area contributed by atoms with Gasteiger partial charge in [0, 0.05) is 5.56 Å². The van der Waals surface area contributed by atoms with Gasteiger partial charge in [0.15, 0.2) is 0 Å². The van der Waals surface area contributed by atoms with Crippen molar-refractivity contribution in [3.05, 3.63) is 35.6 Å². The Morgan fingerprint density at radius 3 is 2.81 bits per heavy atom. The van der Waals surface area contributed by atoms with Crippen LogP contribution >= 0.6 is 11.8 Å². The van der Waals surface area contributed by atoms with Crippen molar-refractivity contribution >= 4 is 17.7 Å². The molecule has 1 saturated heterocycles. The van der Waals surface area contributed by atoms with Crippen molar-refractivity contribution in [2.24, 2.45) is 5.92 Å². The summed E-state index contributed by atoms with van der Waals surface area (Å²) in [6, 6.07) is 6.18. The maximum atomic E-state index is 13.6. The number of benzene rings is 1. The second-order valence-electron chi connectivity index (χ2n) is 3.96. The Hall–Kier alpha value is -1.03. The lowest BCUT2D eigenvalue weighted by Crippen LogP contribution is -2.22. The van der Waals surface area contributed by atoms with E-state index >= 15 is 0 Å². The molecule has 1 fully saturated rings. The van der Waals surface area contributed by atoms with Crippen molar-refractivity contribution in [2.75, 3.05) is 11.5 Å². The molecule has 4 heteroatoms. The Bertz CT molecular complexity index is 388. The molecule has 1 aliphatic heterocycles. The molecule has 1 aliphatic rings. The summed E-state index contributed by atoms with van der Waals surface area (Å²) >= 11 is 1.74. The highest BCUT2D eigenvalue weighted by molar-refractivity contribution is 7.99. The second-order valence-corrected chi connectivity index (χ2v) is 5.11. The topological polar surface area (TPSA) is 37.3 Å². The third kappa shape index (κ3) is 2.21. The molecule has 16 heavy (non-hydrogen) atoms. The van der Waals surface area contributed by atoms with Crippen molar-refractivity contribution in [3.8, 4) is 0 Å². The van der Waals surface area contributed by atoms with E-state index in [1.165, 1.54) is 6.07 Å². The summed E-state index contributed by atoms with van der Waals surface area (Å²) in [4.78, 5) is 11.3. The summed E-state index contributed by atoms with van der Waals surface area (Å²) in [5, 5.41) is 9.24. The molecule has 0 aromatic heterocycles. The Kier molecular flexibility index (Phi) is 3.49. The molecule has 2 atom stereocenters. The average molecular weight is 240 g/mol. The van der Waals surface area contributed by atoms with E-state index in [-0.39, 0.29) is 5.92 Å². The molecule has 0 aliphatic carbocycles. The number of hydrogen-bond acceptors (Lipinski definition) is 2. The minimum absolute atomic E-state index is 0.0550. The molecule has 1 aromatic carbocycles. The molecule has 2 nitrogen and oxygen atoms in total. The lowest BCUT2D eigenvalue weighted by molar-refractivity contribution is -0.140. The molecule has 1 aromatic rings. The molecule has 86 valence electrons. The van der Waals surface area contributed by atoms with Crippen LogP contribution < -0.4 is 0 Å². The number of carboxylic acids is 1. The highest BCUT2D eigenvalue weighted by Crippen LogP contribution is 2.36. The van der Waals surface area contributed by atoms with Crippen LogP contribution in [0.25, 0.3) is 0 Å². The number of aliphatic carboxylic acids is 1. The molecular formula is C12H13FO2S. The zero-order valence-electron chi connectivity index (χ0n) is 8.73. The summed E-state index contributed by atoms with van der Waals surface area (Å²) in [5.74, 6) is -0.186. The van der Waals surface area contributed by atoms with Gasteiger partial charge in [0.2, 0.25) is 0 Å². The Labute approximate surface area is 97.9 Å². The van der Waals surface area contributed by atoms with Crippen LogP contribution in [-0.4, -0.2) is 22.6 Å². The number of hydrogen-bond donors (Lipinski definition) is 1. The average Bonchev–Trinajstić information content (AvgIpc) is 2.74. The van der Waals surface area contributed by atoms with E-state index in [1.807, 2.05) is 0 Å². The van der Waals surface area contributed by atoms with Crippen molar-refractivity contribution < 1.29 is 14.3 Å². The van der Waals surface area contributed by atoms with Crippen molar-refractivity contribution in [1.82, 2.24) is 0 Å². The van der Waals surface area contributed by atoms with E-state index < -0.39 is 17.7 Å². The third-order valence-corrected chi connectivity index (χ3v) is 4.13. The van der Waals surface area contributed by atoms with Gasteiger partial charge in [-0.15, -0.1) is 0 Å². The van der Waals surface area contributed by atoms with Crippen LogP contribution in [0.2, 0.25) is 0 Å². The van der Waals surface area contributed by atoms with Gasteiger partial charge in [0.25, 0.3) is 0 Å². The van der Waals surface area contributed by atoms with Gasteiger partial charge in [-0.05, 0) is 29.9 Å². The molecule has 0 saturated carbocycles. The lowest BCUT2D eigenvalue weighted by atomic mass is 9.85. The van der Waals surface area contributed by atoms with Gasteiger partial charge in [-0.3, -0.25) is 4.79 Å². The Morgan fingerprint density at radius 1 is 1.50 bits per heavy atom. The van der Waals surface area contributed by atoms with Gasteiger partial charge in [0.05, 0.1) is 5.92 Å². The molecule has 1 N–H and O–H groups in total. The van der Waals surface area contributed by atoms with E-state index in [0.29, 0.717) is 5.56 Å². The van der Waals surface area contributed by atoms with Gasteiger partial charge in [-0.25, -0.2) is 4.39 Å². The maximum absolute atomic E-state index is 13.6. The van der Waals surface area contributed by atoms with Gasteiger partial charge in [0.1, 0.15) is 5.82 Å². The highest BCUT2D eigenvalue weighted by atomic mass is 32.2. The smallest absolute Gasteiger partial charge is 0.311 e. The molecule has 2 rings (SSSR count). The third-order valence-electron chi connectivity index (χ3n) is 2.94. The predicted octanol–water partition coefficient (Wildman–Crippen LogP) is 2.75. The van der Waals surface area contributed by atoms with Crippen LogP contribution in [-0.2, 0) is 4.79 Å². The van der Waals surface area contributed by atoms with Gasteiger partial charge in [-0.1, -0.05) is 18.2 Å². The minimum Gasteiger partial charge on any atom is -0.481 e. The zero-order chi connectivity index (χ0) is 11.5. The normalized spacial score (nSPS) is 21.9. The highest BCUT2D eigenvalue weighted by Gasteiger charge is 2.33. The summed E-state index contributed by atoms with van der Waals surface area (Å²) in [6.07, 6.45) is 0.857. The zero-order valence-corrected chi connectivity index (χ0v) is 9.54. The quantitative estimate of drug-likeness (QED) is 0.882. The van der Waals surface area contributed by atoms with Gasteiger partial charge in [-0.2, -0.15) is 11.8 Å². The van der Waals surface area contributed by atoms with E-state index in [9.17, 15) is 14.3 Å². The number of halogens is 1. The van der Waals surface area contributed by atoms with E-state index in [4.69, 9.17) is 0 Å². The van der Waals surface area contributed by atoms with Crippen molar-refractivity contribution in [1.29, 1.82) is 0 Å².